The fourth-order valence-corrected chi connectivity index (χ4v) is 4.71. The van der Waals surface area contributed by atoms with Gasteiger partial charge in [-0.2, -0.15) is 0 Å². The zero-order valence-corrected chi connectivity index (χ0v) is 10.4. The van der Waals surface area contributed by atoms with Gasteiger partial charge >= 0.3 is 79.8 Å². The maximum atomic E-state index is 12.6. The molecule has 0 aliphatic heterocycles. The molecule has 1 aromatic rings. The number of hydrogen-bond acceptors (Lipinski definition) is 0. The molecule has 0 saturated carbocycles. The molecule has 1 aromatic carbocycles. The summed E-state index contributed by atoms with van der Waals surface area (Å²) in [4.78, 5) is 0. The van der Waals surface area contributed by atoms with E-state index in [0.717, 1.165) is 0 Å². The summed E-state index contributed by atoms with van der Waals surface area (Å²) in [6, 6.07) is 5.80. The van der Waals surface area contributed by atoms with E-state index in [0.29, 0.717) is 3.58 Å². The van der Waals surface area contributed by atoms with Gasteiger partial charge in [-0.3, -0.25) is 0 Å². The van der Waals surface area contributed by atoms with Crippen molar-refractivity contribution >= 4 is 45.3 Å². The molecule has 0 heterocycles. The van der Waals surface area contributed by atoms with Crippen molar-refractivity contribution in [1.82, 2.24) is 0 Å². The van der Waals surface area contributed by atoms with Gasteiger partial charge in [0, 0.05) is 0 Å². The molecular weight excluding hydrogens is 316 g/mol. The van der Waals surface area contributed by atoms with Crippen molar-refractivity contribution in [3.63, 3.8) is 0 Å². The summed E-state index contributed by atoms with van der Waals surface area (Å²) < 4.78 is 13.1. The Bertz CT molecular complexity index is 258. The van der Waals surface area contributed by atoms with E-state index >= 15 is 0 Å². The van der Waals surface area contributed by atoms with Crippen LogP contribution in [0.4, 0.5) is 4.39 Å². The van der Waals surface area contributed by atoms with Gasteiger partial charge in [0.15, 0.2) is 0 Å². The average Bonchev–Trinajstić information content (AvgIpc) is 1.86. The summed E-state index contributed by atoms with van der Waals surface area (Å²) in [5.74, 6) is -0.356. The average molecular weight is 320 g/mol. The fraction of sp³-hybridized carbons (Fsp3) is 0. The molecule has 11 heavy (non-hydrogen) atoms. The SMILES string of the molecule is Fc1ccc[c]([Sn]([Cl])([Cl])[Cl])c1. The zero-order valence-electron chi connectivity index (χ0n) is 5.32. The van der Waals surface area contributed by atoms with Crippen molar-refractivity contribution in [3.8, 4) is 0 Å². The van der Waals surface area contributed by atoms with Crippen LogP contribution in [-0.2, 0) is 0 Å². The first kappa shape index (κ1) is 9.90. The Morgan fingerprint density at radius 2 is 1.82 bits per heavy atom. The van der Waals surface area contributed by atoms with Crippen LogP contribution in [0.2, 0.25) is 0 Å². The molecule has 0 amide bonds. The first-order valence-corrected chi connectivity index (χ1v) is 15.1. The molecule has 0 radical (unpaired) electrons. The molecule has 0 unspecified atom stereocenters. The Labute approximate surface area is 79.3 Å². The zero-order chi connectivity index (χ0) is 8.48. The third-order valence-corrected chi connectivity index (χ3v) is 8.30. The van der Waals surface area contributed by atoms with Crippen molar-refractivity contribution in [2.45, 2.75) is 0 Å². The molecule has 0 spiro atoms. The predicted octanol–water partition coefficient (Wildman–Crippen LogP) is 2.69. The van der Waals surface area contributed by atoms with Crippen LogP contribution in [0.1, 0.15) is 0 Å². The normalized spacial score (nSPS) is 11.6. The van der Waals surface area contributed by atoms with E-state index in [1.165, 1.54) is 12.1 Å². The van der Waals surface area contributed by atoms with Crippen LogP contribution in [0.25, 0.3) is 0 Å². The molecule has 0 nitrogen and oxygen atoms in total. The molecule has 0 fully saturated rings. The van der Waals surface area contributed by atoms with Gasteiger partial charge in [0.25, 0.3) is 0 Å². The predicted molar refractivity (Wildman–Crippen MR) is 49.3 cm³/mol. The van der Waals surface area contributed by atoms with E-state index in [4.69, 9.17) is 26.8 Å². The molecule has 0 N–H and O–H groups in total. The second-order valence-electron chi connectivity index (χ2n) is 2.01. The first-order chi connectivity index (χ1) is 5.00. The number of rotatable bonds is 1. The van der Waals surface area contributed by atoms with Crippen molar-refractivity contribution < 1.29 is 4.39 Å². The monoisotopic (exact) mass is 320 g/mol. The molecule has 0 atom stereocenters. The van der Waals surface area contributed by atoms with Crippen LogP contribution >= 0.6 is 26.8 Å². The summed E-state index contributed by atoms with van der Waals surface area (Å²) in [6.07, 6.45) is 0. The Hall–Kier alpha value is 0.819. The molecular formula is C6H4Cl3FSn. The molecule has 0 aromatic heterocycles. The van der Waals surface area contributed by atoms with Crippen molar-refractivity contribution in [3.05, 3.63) is 30.1 Å². The van der Waals surface area contributed by atoms with E-state index in [1.54, 1.807) is 12.1 Å². The van der Waals surface area contributed by atoms with Gasteiger partial charge in [-0.05, 0) is 0 Å². The third kappa shape index (κ3) is 2.97. The van der Waals surface area contributed by atoms with Crippen molar-refractivity contribution in [2.24, 2.45) is 0 Å². The van der Waals surface area contributed by atoms with E-state index in [1.807, 2.05) is 0 Å². The standard InChI is InChI=1S/C6H4F.3ClH.Sn/c7-6-4-2-1-3-5-6;;;;/h1-2,4-5H;3*1H;/q;;;;+3/p-3. The molecule has 60 valence electrons. The van der Waals surface area contributed by atoms with Crippen LogP contribution in [0.3, 0.4) is 0 Å². The number of benzene rings is 1. The van der Waals surface area contributed by atoms with Gasteiger partial charge in [0.05, 0.1) is 0 Å². The Kier molecular flexibility index (Phi) is 3.32. The van der Waals surface area contributed by atoms with Gasteiger partial charge in [-0.25, -0.2) is 0 Å². The second-order valence-corrected chi connectivity index (χ2v) is 21.8. The molecule has 5 heteroatoms. The van der Waals surface area contributed by atoms with Gasteiger partial charge < -0.3 is 0 Å². The summed E-state index contributed by atoms with van der Waals surface area (Å²) in [7, 11) is 17.1. The van der Waals surface area contributed by atoms with Crippen molar-refractivity contribution in [1.29, 1.82) is 0 Å². The summed E-state index contributed by atoms with van der Waals surface area (Å²) in [5.41, 5.74) is 0. The summed E-state index contributed by atoms with van der Waals surface area (Å²) in [6.45, 7) is 0. The van der Waals surface area contributed by atoms with Gasteiger partial charge in [-0.1, -0.05) is 0 Å². The van der Waals surface area contributed by atoms with Crippen LogP contribution in [-0.4, -0.2) is 15.0 Å². The topological polar surface area (TPSA) is 0 Å². The van der Waals surface area contributed by atoms with Crippen molar-refractivity contribution in [2.75, 3.05) is 0 Å². The summed E-state index contributed by atoms with van der Waals surface area (Å²) in [5, 5.41) is 0. The molecule has 0 bridgehead atoms. The maximum absolute atomic E-state index is 12.6. The molecule has 0 aliphatic carbocycles. The second kappa shape index (κ2) is 3.69. The molecule has 0 saturated heterocycles. The molecule has 0 aliphatic rings. The Morgan fingerprint density at radius 1 is 1.18 bits per heavy atom. The minimum atomic E-state index is -3.58. The van der Waals surface area contributed by atoms with Gasteiger partial charge in [0.1, 0.15) is 0 Å². The van der Waals surface area contributed by atoms with Crippen LogP contribution in [0.15, 0.2) is 24.3 Å². The van der Waals surface area contributed by atoms with E-state index < -0.39 is 15.0 Å². The quantitative estimate of drug-likeness (QED) is 0.698. The first-order valence-electron chi connectivity index (χ1n) is 2.83. The van der Waals surface area contributed by atoms with Crippen LogP contribution < -0.4 is 3.58 Å². The third-order valence-electron chi connectivity index (χ3n) is 1.15. The van der Waals surface area contributed by atoms with Gasteiger partial charge in [0.2, 0.25) is 0 Å². The summed E-state index contributed by atoms with van der Waals surface area (Å²) >= 11 is -3.58. The van der Waals surface area contributed by atoms with Crippen LogP contribution in [0, 0.1) is 5.82 Å². The van der Waals surface area contributed by atoms with E-state index in [9.17, 15) is 4.39 Å². The number of hydrogen-bond donors (Lipinski definition) is 0. The minimum absolute atomic E-state index is 0.356. The Morgan fingerprint density at radius 3 is 2.18 bits per heavy atom. The number of halogens is 4. The van der Waals surface area contributed by atoms with E-state index in [2.05, 4.69) is 0 Å². The van der Waals surface area contributed by atoms with E-state index in [-0.39, 0.29) is 5.82 Å². The van der Waals surface area contributed by atoms with Gasteiger partial charge in [-0.15, -0.1) is 0 Å². The fourth-order valence-electron chi connectivity index (χ4n) is 0.665. The molecule has 1 rings (SSSR count). The Balaban J connectivity index is 3.06. The van der Waals surface area contributed by atoms with Crippen LogP contribution in [0.5, 0.6) is 0 Å².